The van der Waals surface area contributed by atoms with Crippen LogP contribution in [-0.4, -0.2) is 45.5 Å². The first-order valence-electron chi connectivity index (χ1n) is 9.62. The van der Waals surface area contributed by atoms with Gasteiger partial charge in [-0.05, 0) is 48.9 Å². The number of nitrogens with two attached hydrogens (primary N) is 1. The number of benzene rings is 2. The maximum absolute atomic E-state index is 12.3. The van der Waals surface area contributed by atoms with Crippen LogP contribution in [0.2, 0.25) is 0 Å². The lowest BCUT2D eigenvalue weighted by Gasteiger charge is -2.33. The average Bonchev–Trinajstić information content (AvgIpc) is 2.72. The zero-order valence-electron chi connectivity index (χ0n) is 16.2. The predicted molar refractivity (Wildman–Crippen MR) is 113 cm³/mol. The summed E-state index contributed by atoms with van der Waals surface area (Å²) in [6.07, 6.45) is 2.08. The molecule has 0 bridgehead atoms. The molecule has 150 valence electrons. The normalized spacial score (nSPS) is 16.3. The molecule has 0 amide bonds. The first-order chi connectivity index (χ1) is 13.5. The molecule has 0 aromatic heterocycles. The lowest BCUT2D eigenvalue weighted by atomic mass is 9.90. The van der Waals surface area contributed by atoms with E-state index in [0.717, 1.165) is 31.5 Å². The SMILES string of the molecule is Cc1cccc(S(=O)(=O)NCCN=C(N)N2CCC(c3ccccc3)CC2)c1. The van der Waals surface area contributed by atoms with Crippen LogP contribution in [0.5, 0.6) is 0 Å². The fraction of sp³-hybridized carbons (Fsp3) is 0.381. The average molecular weight is 401 g/mol. The first-order valence-corrected chi connectivity index (χ1v) is 11.1. The number of hydrogen-bond donors (Lipinski definition) is 2. The molecule has 2 aromatic rings. The van der Waals surface area contributed by atoms with Crippen molar-refractivity contribution in [3.05, 3.63) is 65.7 Å². The van der Waals surface area contributed by atoms with Gasteiger partial charge in [0.05, 0.1) is 11.4 Å². The molecule has 0 saturated carbocycles. The molecule has 1 aliphatic rings. The van der Waals surface area contributed by atoms with Gasteiger partial charge in [-0.3, -0.25) is 4.99 Å². The van der Waals surface area contributed by atoms with E-state index in [9.17, 15) is 8.42 Å². The lowest BCUT2D eigenvalue weighted by Crippen LogP contribution is -2.42. The summed E-state index contributed by atoms with van der Waals surface area (Å²) in [5.74, 6) is 1.05. The summed E-state index contributed by atoms with van der Waals surface area (Å²) in [6, 6.07) is 17.4. The van der Waals surface area contributed by atoms with Crippen molar-refractivity contribution >= 4 is 16.0 Å². The van der Waals surface area contributed by atoms with Crippen molar-refractivity contribution in [2.45, 2.75) is 30.6 Å². The van der Waals surface area contributed by atoms with Crippen molar-refractivity contribution in [1.82, 2.24) is 9.62 Å². The van der Waals surface area contributed by atoms with E-state index in [4.69, 9.17) is 5.73 Å². The minimum atomic E-state index is -3.52. The van der Waals surface area contributed by atoms with Crippen LogP contribution in [0.1, 0.15) is 29.9 Å². The monoisotopic (exact) mass is 400 g/mol. The highest BCUT2D eigenvalue weighted by Gasteiger charge is 2.21. The Morgan fingerprint density at radius 3 is 2.54 bits per heavy atom. The smallest absolute Gasteiger partial charge is 0.240 e. The number of aryl methyl sites for hydroxylation is 1. The minimum absolute atomic E-state index is 0.220. The molecule has 3 rings (SSSR count). The molecular weight excluding hydrogens is 372 g/mol. The molecule has 3 N–H and O–H groups in total. The lowest BCUT2D eigenvalue weighted by molar-refractivity contribution is 0.309. The molecule has 1 fully saturated rings. The summed E-state index contributed by atoms with van der Waals surface area (Å²) in [5, 5.41) is 0. The maximum atomic E-state index is 12.3. The van der Waals surface area contributed by atoms with E-state index in [1.807, 2.05) is 19.1 Å². The Bertz CT molecular complexity index is 905. The molecule has 28 heavy (non-hydrogen) atoms. The molecule has 1 aliphatic heterocycles. The first kappa shape index (κ1) is 20.4. The highest BCUT2D eigenvalue weighted by atomic mass is 32.2. The van der Waals surface area contributed by atoms with Crippen molar-refractivity contribution in [1.29, 1.82) is 0 Å². The summed E-state index contributed by atoms with van der Waals surface area (Å²) < 4.78 is 27.2. The Kier molecular flexibility index (Phi) is 6.70. The maximum Gasteiger partial charge on any atom is 0.240 e. The van der Waals surface area contributed by atoms with E-state index in [1.54, 1.807) is 18.2 Å². The summed E-state index contributed by atoms with van der Waals surface area (Å²) in [4.78, 5) is 6.70. The van der Waals surface area contributed by atoms with Crippen LogP contribution in [0, 0.1) is 6.92 Å². The van der Waals surface area contributed by atoms with Crippen LogP contribution in [0.25, 0.3) is 0 Å². The Morgan fingerprint density at radius 2 is 1.86 bits per heavy atom. The molecule has 6 nitrogen and oxygen atoms in total. The number of piperidine rings is 1. The Hall–Kier alpha value is -2.38. The highest BCUT2D eigenvalue weighted by Crippen LogP contribution is 2.27. The molecule has 2 aromatic carbocycles. The number of likely N-dealkylation sites (tertiary alicyclic amines) is 1. The van der Waals surface area contributed by atoms with Gasteiger partial charge in [0.1, 0.15) is 0 Å². The number of hydrogen-bond acceptors (Lipinski definition) is 3. The third-order valence-electron chi connectivity index (χ3n) is 5.07. The van der Waals surface area contributed by atoms with Gasteiger partial charge >= 0.3 is 0 Å². The summed E-state index contributed by atoms with van der Waals surface area (Å²) in [7, 11) is -3.52. The predicted octanol–water partition coefficient (Wildman–Crippen LogP) is 2.47. The van der Waals surface area contributed by atoms with Crippen molar-refractivity contribution in [3.63, 3.8) is 0 Å². The third-order valence-corrected chi connectivity index (χ3v) is 6.53. The van der Waals surface area contributed by atoms with Crippen molar-refractivity contribution in [2.75, 3.05) is 26.2 Å². The molecule has 1 saturated heterocycles. The van der Waals surface area contributed by atoms with Crippen molar-refractivity contribution in [3.8, 4) is 0 Å². The Labute approximate surface area is 167 Å². The number of sulfonamides is 1. The highest BCUT2D eigenvalue weighted by molar-refractivity contribution is 7.89. The molecular formula is C21H28N4O2S. The number of aliphatic imine (C=N–C) groups is 1. The van der Waals surface area contributed by atoms with E-state index in [-0.39, 0.29) is 11.4 Å². The fourth-order valence-electron chi connectivity index (χ4n) is 3.48. The van der Waals surface area contributed by atoms with Gasteiger partial charge in [0, 0.05) is 19.6 Å². The van der Waals surface area contributed by atoms with E-state index < -0.39 is 10.0 Å². The van der Waals surface area contributed by atoms with Gasteiger partial charge in [-0.1, -0.05) is 42.5 Å². The third kappa shape index (κ3) is 5.33. The number of nitrogens with zero attached hydrogens (tertiary/aromatic N) is 2. The number of guanidine groups is 1. The van der Waals surface area contributed by atoms with Gasteiger partial charge in [-0.2, -0.15) is 0 Å². The van der Waals surface area contributed by atoms with E-state index in [0.29, 0.717) is 18.4 Å². The molecule has 0 unspecified atom stereocenters. The molecule has 7 heteroatoms. The van der Waals surface area contributed by atoms with Gasteiger partial charge in [-0.25, -0.2) is 13.1 Å². The topological polar surface area (TPSA) is 87.8 Å². The van der Waals surface area contributed by atoms with Gasteiger partial charge in [0.25, 0.3) is 0 Å². The Morgan fingerprint density at radius 1 is 1.14 bits per heavy atom. The molecule has 1 heterocycles. The van der Waals surface area contributed by atoms with Gasteiger partial charge < -0.3 is 10.6 Å². The van der Waals surface area contributed by atoms with Crippen LogP contribution in [0.3, 0.4) is 0 Å². The van der Waals surface area contributed by atoms with Crippen molar-refractivity contribution in [2.24, 2.45) is 10.7 Å². The van der Waals surface area contributed by atoms with Gasteiger partial charge in [0.2, 0.25) is 10.0 Å². The standard InChI is InChI=1S/C21H28N4O2S/c1-17-6-5-9-20(16-17)28(26,27)24-13-12-23-21(22)25-14-10-19(11-15-25)18-7-3-2-4-8-18/h2-9,16,19,24H,10-15H2,1H3,(H2,22,23). The van der Waals surface area contributed by atoms with E-state index in [1.165, 1.54) is 5.56 Å². The largest absolute Gasteiger partial charge is 0.370 e. The molecule has 0 aliphatic carbocycles. The Balaban J connectivity index is 1.46. The second-order valence-electron chi connectivity index (χ2n) is 7.13. The van der Waals surface area contributed by atoms with Crippen LogP contribution < -0.4 is 10.5 Å². The minimum Gasteiger partial charge on any atom is -0.370 e. The van der Waals surface area contributed by atoms with Gasteiger partial charge in [-0.15, -0.1) is 0 Å². The van der Waals surface area contributed by atoms with E-state index in [2.05, 4.69) is 38.9 Å². The van der Waals surface area contributed by atoms with Crippen LogP contribution >= 0.6 is 0 Å². The van der Waals surface area contributed by atoms with Crippen molar-refractivity contribution < 1.29 is 8.42 Å². The fourth-order valence-corrected chi connectivity index (χ4v) is 4.61. The van der Waals surface area contributed by atoms with Crippen LogP contribution in [-0.2, 0) is 10.0 Å². The summed E-state index contributed by atoms with van der Waals surface area (Å²) in [6.45, 7) is 4.13. The van der Waals surface area contributed by atoms with Gasteiger partial charge in [0.15, 0.2) is 5.96 Å². The number of rotatable bonds is 6. The molecule has 0 atom stereocenters. The van der Waals surface area contributed by atoms with Crippen LogP contribution in [0.15, 0.2) is 64.5 Å². The zero-order chi connectivity index (χ0) is 20.0. The summed E-state index contributed by atoms with van der Waals surface area (Å²) in [5.41, 5.74) is 8.40. The quantitative estimate of drug-likeness (QED) is 0.443. The molecule has 0 radical (unpaired) electrons. The van der Waals surface area contributed by atoms with Crippen LogP contribution in [0.4, 0.5) is 0 Å². The van der Waals surface area contributed by atoms with E-state index >= 15 is 0 Å². The second-order valence-corrected chi connectivity index (χ2v) is 8.89. The number of nitrogens with one attached hydrogen (secondary N) is 1. The second kappa shape index (κ2) is 9.21. The molecule has 0 spiro atoms. The summed E-state index contributed by atoms with van der Waals surface area (Å²) >= 11 is 0. The zero-order valence-corrected chi connectivity index (χ0v) is 17.0.